The lowest BCUT2D eigenvalue weighted by Gasteiger charge is -2.27. The van der Waals surface area contributed by atoms with Gasteiger partial charge in [-0.2, -0.15) is 0 Å². The van der Waals surface area contributed by atoms with Crippen LogP contribution < -0.4 is 5.73 Å². The molecule has 0 radical (unpaired) electrons. The highest BCUT2D eigenvalue weighted by atomic mass is 15.0. The number of benzene rings is 3. The molecular formula is C31H38N2. The molecule has 1 heterocycles. The molecule has 2 nitrogen and oxygen atoms in total. The Morgan fingerprint density at radius 1 is 0.788 bits per heavy atom. The molecule has 172 valence electrons. The Balaban J connectivity index is 1.71. The largest absolute Gasteiger partial charge is 0.321 e. The van der Waals surface area contributed by atoms with Crippen LogP contribution in [0.3, 0.4) is 0 Å². The maximum Gasteiger partial charge on any atom is 0.0541 e. The summed E-state index contributed by atoms with van der Waals surface area (Å²) in [4.78, 5) is 0. The zero-order chi connectivity index (χ0) is 23.3. The Morgan fingerprint density at radius 3 is 2.24 bits per heavy atom. The summed E-state index contributed by atoms with van der Waals surface area (Å²) in [5.74, 6) is 0. The molecule has 0 saturated heterocycles. The molecule has 0 aliphatic heterocycles. The Labute approximate surface area is 199 Å². The lowest BCUT2D eigenvalue weighted by atomic mass is 9.86. The van der Waals surface area contributed by atoms with Gasteiger partial charge in [-0.15, -0.1) is 0 Å². The van der Waals surface area contributed by atoms with Gasteiger partial charge in [0, 0.05) is 22.0 Å². The summed E-state index contributed by atoms with van der Waals surface area (Å²) in [6.07, 6.45) is 12.9. The minimum absolute atomic E-state index is 0.253. The molecule has 2 heteroatoms. The van der Waals surface area contributed by atoms with Crippen molar-refractivity contribution in [1.29, 1.82) is 0 Å². The van der Waals surface area contributed by atoms with Crippen molar-refractivity contribution in [2.45, 2.75) is 71.3 Å². The molecule has 1 aromatic heterocycles. The second kappa shape index (κ2) is 10.4. The molecule has 0 atom stereocenters. The summed E-state index contributed by atoms with van der Waals surface area (Å²) in [6, 6.07) is 24.4. The minimum Gasteiger partial charge on any atom is -0.321 e. The Bertz CT molecular complexity index is 1220. The maximum atomic E-state index is 6.64. The zero-order valence-corrected chi connectivity index (χ0v) is 20.5. The van der Waals surface area contributed by atoms with Crippen LogP contribution >= 0.6 is 0 Å². The molecule has 0 amide bonds. The normalized spacial score (nSPS) is 12.4. The summed E-state index contributed by atoms with van der Waals surface area (Å²) in [5.41, 5.74) is 12.5. The second-order valence-electron chi connectivity index (χ2n) is 9.29. The number of nitrogens with zero attached hydrogens (tertiary/aromatic N) is 1. The van der Waals surface area contributed by atoms with Crippen molar-refractivity contribution in [3.63, 3.8) is 0 Å². The smallest absolute Gasteiger partial charge is 0.0541 e. The van der Waals surface area contributed by atoms with Crippen LogP contribution in [0.25, 0.3) is 33.6 Å². The molecule has 0 bridgehead atoms. The highest BCUT2D eigenvalue weighted by Gasteiger charge is 2.22. The van der Waals surface area contributed by atoms with Gasteiger partial charge >= 0.3 is 0 Å². The number of nitrogens with two attached hydrogens (primary N) is 1. The first-order chi connectivity index (χ1) is 16.1. The van der Waals surface area contributed by atoms with Crippen LogP contribution in [0.4, 0.5) is 0 Å². The fourth-order valence-electron chi connectivity index (χ4n) is 4.88. The van der Waals surface area contributed by atoms with Crippen LogP contribution in [-0.4, -0.2) is 4.57 Å². The van der Waals surface area contributed by atoms with Crippen molar-refractivity contribution in [2.75, 3.05) is 0 Å². The van der Waals surface area contributed by atoms with Gasteiger partial charge in [-0.05, 0) is 67.1 Å². The summed E-state index contributed by atoms with van der Waals surface area (Å²) in [5, 5.41) is 2.60. The molecule has 3 aromatic carbocycles. The number of aromatic nitrogens is 1. The number of unbranched alkanes of at least 4 members (excludes halogenated alkanes) is 4. The molecule has 4 rings (SSSR count). The third-order valence-corrected chi connectivity index (χ3v) is 7.19. The quantitative estimate of drug-likeness (QED) is 0.246. The van der Waals surface area contributed by atoms with Gasteiger partial charge < -0.3 is 10.3 Å². The average molecular weight is 439 g/mol. The van der Waals surface area contributed by atoms with E-state index in [1.807, 2.05) is 0 Å². The van der Waals surface area contributed by atoms with Gasteiger partial charge in [0.2, 0.25) is 0 Å². The highest BCUT2D eigenvalue weighted by Crippen LogP contribution is 2.34. The van der Waals surface area contributed by atoms with E-state index in [0.29, 0.717) is 0 Å². The average Bonchev–Trinajstić information content (AvgIpc) is 3.19. The molecule has 33 heavy (non-hydrogen) atoms. The zero-order valence-electron chi connectivity index (χ0n) is 20.5. The lowest BCUT2D eigenvalue weighted by molar-refractivity contribution is 0.413. The molecular weight excluding hydrogens is 400 g/mol. The van der Waals surface area contributed by atoms with Crippen molar-refractivity contribution >= 4 is 27.9 Å². The van der Waals surface area contributed by atoms with E-state index >= 15 is 0 Å². The van der Waals surface area contributed by atoms with E-state index < -0.39 is 0 Å². The number of allylic oxidation sites excluding steroid dienone is 1. The van der Waals surface area contributed by atoms with Gasteiger partial charge in [-0.1, -0.05) is 88.6 Å². The first kappa shape index (κ1) is 23.3. The van der Waals surface area contributed by atoms with Crippen molar-refractivity contribution in [1.82, 2.24) is 4.57 Å². The fraction of sp³-hybridized carbons (Fsp3) is 0.355. The van der Waals surface area contributed by atoms with Crippen LogP contribution in [0.15, 0.2) is 72.8 Å². The van der Waals surface area contributed by atoms with Gasteiger partial charge in [-0.3, -0.25) is 0 Å². The highest BCUT2D eigenvalue weighted by molar-refractivity contribution is 6.09. The number of hydrogen-bond donors (Lipinski definition) is 1. The van der Waals surface area contributed by atoms with Gasteiger partial charge in [0.1, 0.15) is 0 Å². The topological polar surface area (TPSA) is 30.9 Å². The van der Waals surface area contributed by atoms with E-state index in [9.17, 15) is 0 Å². The predicted octanol–water partition coefficient (Wildman–Crippen LogP) is 8.74. The Morgan fingerprint density at radius 2 is 1.52 bits per heavy atom. The van der Waals surface area contributed by atoms with Crippen molar-refractivity contribution in [3.05, 3.63) is 83.9 Å². The molecule has 0 unspecified atom stereocenters. The van der Waals surface area contributed by atoms with E-state index in [0.717, 1.165) is 19.3 Å². The third kappa shape index (κ3) is 4.77. The number of rotatable bonds is 10. The van der Waals surface area contributed by atoms with Crippen LogP contribution in [-0.2, 0) is 5.54 Å². The number of para-hydroxylation sites is 1. The summed E-state index contributed by atoms with van der Waals surface area (Å²) in [6.45, 7) is 6.60. The predicted molar refractivity (Wildman–Crippen MR) is 145 cm³/mol. The summed E-state index contributed by atoms with van der Waals surface area (Å²) < 4.78 is 2.38. The standard InChI is InChI=1S/C31H38N2/c1-4-7-8-9-10-11-14-24-17-22-30-28(23-24)27-15-12-13-16-29(27)33(30)26-20-18-25(19-21-26)31(32,5-2)6-3/h11-23H,4-10,32H2,1-3H3/b14-11-. The number of hydrogen-bond acceptors (Lipinski definition) is 1. The molecule has 0 aliphatic carbocycles. The second-order valence-corrected chi connectivity index (χ2v) is 9.29. The fourth-order valence-corrected chi connectivity index (χ4v) is 4.88. The maximum absolute atomic E-state index is 6.64. The van der Waals surface area contributed by atoms with E-state index in [-0.39, 0.29) is 5.54 Å². The van der Waals surface area contributed by atoms with E-state index in [1.54, 1.807) is 0 Å². The number of fused-ring (bicyclic) bond motifs is 3. The molecule has 0 spiro atoms. The molecule has 0 fully saturated rings. The minimum atomic E-state index is -0.253. The first-order valence-electron chi connectivity index (χ1n) is 12.7. The Kier molecular flexibility index (Phi) is 7.35. The van der Waals surface area contributed by atoms with Gasteiger partial charge in [0.15, 0.2) is 0 Å². The van der Waals surface area contributed by atoms with Crippen LogP contribution in [0.2, 0.25) is 0 Å². The molecule has 2 N–H and O–H groups in total. The van der Waals surface area contributed by atoms with Gasteiger partial charge in [-0.25, -0.2) is 0 Å². The van der Waals surface area contributed by atoms with Crippen LogP contribution in [0.5, 0.6) is 0 Å². The van der Waals surface area contributed by atoms with E-state index in [1.165, 1.54) is 64.3 Å². The van der Waals surface area contributed by atoms with Crippen molar-refractivity contribution in [2.24, 2.45) is 5.73 Å². The van der Waals surface area contributed by atoms with Crippen LogP contribution in [0, 0.1) is 0 Å². The van der Waals surface area contributed by atoms with Crippen molar-refractivity contribution in [3.8, 4) is 5.69 Å². The molecule has 4 aromatic rings. The lowest BCUT2D eigenvalue weighted by Crippen LogP contribution is -2.34. The monoisotopic (exact) mass is 438 g/mol. The third-order valence-electron chi connectivity index (χ3n) is 7.19. The SMILES string of the molecule is CCCCCC/C=C\c1ccc2c(c1)c1ccccc1n2-c1ccc(C(N)(CC)CC)cc1. The first-order valence-corrected chi connectivity index (χ1v) is 12.7. The van der Waals surface area contributed by atoms with Gasteiger partial charge in [0.25, 0.3) is 0 Å². The molecule has 0 saturated carbocycles. The van der Waals surface area contributed by atoms with E-state index in [4.69, 9.17) is 5.73 Å². The van der Waals surface area contributed by atoms with Crippen LogP contribution in [0.1, 0.15) is 76.8 Å². The van der Waals surface area contributed by atoms with Gasteiger partial charge in [0.05, 0.1) is 11.0 Å². The molecule has 0 aliphatic rings. The van der Waals surface area contributed by atoms with E-state index in [2.05, 4.69) is 104 Å². The summed E-state index contributed by atoms with van der Waals surface area (Å²) in [7, 11) is 0. The Hall–Kier alpha value is -2.84. The van der Waals surface area contributed by atoms with Crippen molar-refractivity contribution < 1.29 is 0 Å². The summed E-state index contributed by atoms with van der Waals surface area (Å²) >= 11 is 0.